The minimum absolute atomic E-state index is 0.187. The first-order valence-corrected chi connectivity index (χ1v) is 7.76. The van der Waals surface area contributed by atoms with E-state index in [0.717, 1.165) is 31.8 Å². The van der Waals surface area contributed by atoms with Crippen molar-refractivity contribution in [3.05, 3.63) is 0 Å². The van der Waals surface area contributed by atoms with Gasteiger partial charge >= 0.3 is 6.03 Å². The monoisotopic (exact) mass is 252 g/mol. The Balaban J connectivity index is 1.82. The molecule has 0 aromatic rings. The van der Waals surface area contributed by atoms with Crippen molar-refractivity contribution in [3.8, 4) is 0 Å². The van der Waals surface area contributed by atoms with Crippen LogP contribution in [0.5, 0.6) is 0 Å². The summed E-state index contributed by atoms with van der Waals surface area (Å²) in [5.74, 6) is 1.48. The predicted molar refractivity (Wildman–Crippen MR) is 74.5 cm³/mol. The van der Waals surface area contributed by atoms with Crippen molar-refractivity contribution in [2.75, 3.05) is 13.1 Å². The van der Waals surface area contributed by atoms with Gasteiger partial charge in [0.05, 0.1) is 0 Å². The molecule has 0 aromatic carbocycles. The number of carbonyl (C=O) groups is 1. The molecule has 2 aliphatic rings. The fraction of sp³-hybridized carbons (Fsp3) is 0.933. The van der Waals surface area contributed by atoms with Gasteiger partial charge in [0.15, 0.2) is 0 Å². The van der Waals surface area contributed by atoms with E-state index in [4.69, 9.17) is 0 Å². The highest BCUT2D eigenvalue weighted by Crippen LogP contribution is 2.27. The van der Waals surface area contributed by atoms with Crippen LogP contribution in [-0.2, 0) is 0 Å². The van der Waals surface area contributed by atoms with Gasteiger partial charge in [-0.05, 0) is 37.5 Å². The normalized spacial score (nSPS) is 30.2. The second-order valence-corrected chi connectivity index (χ2v) is 6.18. The van der Waals surface area contributed by atoms with Crippen LogP contribution < -0.4 is 5.32 Å². The Kier molecular flexibility index (Phi) is 4.90. The molecule has 1 aliphatic carbocycles. The smallest absolute Gasteiger partial charge is 0.317 e. The number of amides is 2. The summed E-state index contributed by atoms with van der Waals surface area (Å²) in [6, 6.07) is 0.614. The number of piperidine rings is 1. The molecule has 3 nitrogen and oxygen atoms in total. The summed E-state index contributed by atoms with van der Waals surface area (Å²) in [5, 5.41) is 3.29. The van der Waals surface area contributed by atoms with E-state index in [1.165, 1.54) is 32.1 Å². The van der Waals surface area contributed by atoms with Crippen LogP contribution in [0.2, 0.25) is 0 Å². The Hall–Kier alpha value is -0.730. The summed E-state index contributed by atoms with van der Waals surface area (Å²) in [4.78, 5) is 14.3. The summed E-state index contributed by atoms with van der Waals surface area (Å²) in [5.41, 5.74) is 0. The zero-order chi connectivity index (χ0) is 13.0. The minimum Gasteiger partial charge on any atom is -0.335 e. The highest BCUT2D eigenvalue weighted by atomic mass is 16.2. The number of hydrogen-bond donors (Lipinski definition) is 1. The zero-order valence-electron chi connectivity index (χ0n) is 12.0. The Morgan fingerprint density at radius 1 is 1.17 bits per heavy atom. The van der Waals surface area contributed by atoms with Crippen molar-refractivity contribution < 1.29 is 4.79 Å². The molecular weight excluding hydrogens is 224 g/mol. The van der Waals surface area contributed by atoms with E-state index in [2.05, 4.69) is 19.2 Å². The lowest BCUT2D eigenvalue weighted by Crippen LogP contribution is -2.50. The van der Waals surface area contributed by atoms with Crippen molar-refractivity contribution in [1.29, 1.82) is 0 Å². The number of rotatable bonds is 2. The Bertz CT molecular complexity index is 272. The van der Waals surface area contributed by atoms with Gasteiger partial charge in [0.2, 0.25) is 0 Å². The Labute approximate surface area is 111 Å². The van der Waals surface area contributed by atoms with E-state index >= 15 is 0 Å². The minimum atomic E-state index is 0.187. The topological polar surface area (TPSA) is 32.3 Å². The number of urea groups is 1. The maximum absolute atomic E-state index is 12.2. The van der Waals surface area contributed by atoms with Crippen LogP contribution in [-0.4, -0.2) is 30.1 Å². The molecule has 3 heteroatoms. The lowest BCUT2D eigenvalue weighted by molar-refractivity contribution is 0.159. The second kappa shape index (κ2) is 6.44. The van der Waals surface area contributed by atoms with Gasteiger partial charge in [-0.1, -0.05) is 33.1 Å². The highest BCUT2D eigenvalue weighted by Gasteiger charge is 2.27. The predicted octanol–water partition coefficient (Wildman–Crippen LogP) is 3.40. The van der Waals surface area contributed by atoms with Crippen LogP contribution in [0.4, 0.5) is 4.79 Å². The fourth-order valence-electron chi connectivity index (χ4n) is 3.35. The molecule has 0 bridgehead atoms. The molecule has 1 heterocycles. The summed E-state index contributed by atoms with van der Waals surface area (Å²) < 4.78 is 0. The maximum Gasteiger partial charge on any atom is 0.317 e. The van der Waals surface area contributed by atoms with Crippen molar-refractivity contribution in [3.63, 3.8) is 0 Å². The van der Waals surface area contributed by atoms with Crippen molar-refractivity contribution in [1.82, 2.24) is 10.2 Å². The van der Waals surface area contributed by atoms with Crippen molar-refractivity contribution in [2.45, 2.75) is 64.8 Å². The van der Waals surface area contributed by atoms with Gasteiger partial charge in [-0.25, -0.2) is 4.79 Å². The van der Waals surface area contributed by atoms with Gasteiger partial charge in [-0.15, -0.1) is 0 Å². The quantitative estimate of drug-likeness (QED) is 0.802. The number of carbonyl (C=O) groups excluding carboxylic acids is 1. The Morgan fingerprint density at radius 3 is 2.50 bits per heavy atom. The van der Waals surface area contributed by atoms with Gasteiger partial charge in [0, 0.05) is 19.1 Å². The molecule has 2 fully saturated rings. The number of nitrogens with zero attached hydrogens (tertiary/aromatic N) is 1. The van der Waals surface area contributed by atoms with Gasteiger partial charge in [-0.2, -0.15) is 0 Å². The lowest BCUT2D eigenvalue weighted by Gasteiger charge is -2.35. The standard InChI is InChI=1S/C15H28N2O/c1-3-13-6-4-5-7-14(13)16-15(18)17-10-8-12(2)9-11-17/h12-14H,3-11H2,1-2H3,(H,16,18). The SMILES string of the molecule is CCC1CCCCC1NC(=O)N1CCC(C)CC1. The molecule has 2 unspecified atom stereocenters. The zero-order valence-corrected chi connectivity index (χ0v) is 12.0. The molecule has 0 spiro atoms. The van der Waals surface area contributed by atoms with E-state index in [1.807, 2.05) is 4.90 Å². The van der Waals surface area contributed by atoms with Crippen molar-refractivity contribution in [2.24, 2.45) is 11.8 Å². The molecule has 0 aromatic heterocycles. The van der Waals surface area contributed by atoms with Crippen LogP contribution in [0.15, 0.2) is 0 Å². The molecule has 2 rings (SSSR count). The lowest BCUT2D eigenvalue weighted by atomic mass is 9.83. The first-order valence-electron chi connectivity index (χ1n) is 7.76. The third-order valence-corrected chi connectivity index (χ3v) is 4.81. The van der Waals surface area contributed by atoms with Gasteiger partial charge < -0.3 is 10.2 Å². The summed E-state index contributed by atoms with van der Waals surface area (Å²) in [7, 11) is 0. The first kappa shape index (κ1) is 13.7. The van der Waals surface area contributed by atoms with Gasteiger partial charge in [-0.3, -0.25) is 0 Å². The number of likely N-dealkylation sites (tertiary alicyclic amines) is 1. The molecule has 104 valence electrons. The molecule has 1 aliphatic heterocycles. The van der Waals surface area contributed by atoms with Crippen LogP contribution in [0, 0.1) is 11.8 Å². The van der Waals surface area contributed by atoms with Crippen molar-refractivity contribution >= 4 is 6.03 Å². The third-order valence-electron chi connectivity index (χ3n) is 4.81. The Morgan fingerprint density at radius 2 is 1.83 bits per heavy atom. The van der Waals surface area contributed by atoms with Gasteiger partial charge in [0.25, 0.3) is 0 Å². The van der Waals surface area contributed by atoms with Crippen LogP contribution in [0.1, 0.15) is 58.8 Å². The third kappa shape index (κ3) is 3.39. The van der Waals surface area contributed by atoms with Crippen LogP contribution in [0.25, 0.3) is 0 Å². The average Bonchev–Trinajstić information content (AvgIpc) is 2.40. The molecule has 0 radical (unpaired) electrons. The highest BCUT2D eigenvalue weighted by molar-refractivity contribution is 5.74. The van der Waals surface area contributed by atoms with Gasteiger partial charge in [0.1, 0.15) is 0 Å². The van der Waals surface area contributed by atoms with E-state index in [-0.39, 0.29) is 6.03 Å². The fourth-order valence-corrected chi connectivity index (χ4v) is 3.35. The average molecular weight is 252 g/mol. The van der Waals surface area contributed by atoms with E-state index in [9.17, 15) is 4.79 Å². The molecule has 1 saturated carbocycles. The summed E-state index contributed by atoms with van der Waals surface area (Å²) >= 11 is 0. The molecule has 2 amide bonds. The second-order valence-electron chi connectivity index (χ2n) is 6.18. The number of nitrogens with one attached hydrogen (secondary N) is 1. The molecule has 2 atom stereocenters. The van der Waals surface area contributed by atoms with E-state index < -0.39 is 0 Å². The molecule has 1 saturated heterocycles. The first-order chi connectivity index (χ1) is 8.70. The number of hydrogen-bond acceptors (Lipinski definition) is 1. The van der Waals surface area contributed by atoms with E-state index in [1.54, 1.807) is 0 Å². The van der Waals surface area contributed by atoms with Crippen LogP contribution >= 0.6 is 0 Å². The summed E-state index contributed by atoms with van der Waals surface area (Å²) in [6.45, 7) is 6.41. The molecular formula is C15H28N2O. The summed E-state index contributed by atoms with van der Waals surface area (Å²) in [6.07, 6.45) is 8.60. The van der Waals surface area contributed by atoms with Crippen LogP contribution in [0.3, 0.4) is 0 Å². The largest absolute Gasteiger partial charge is 0.335 e. The molecule has 18 heavy (non-hydrogen) atoms. The maximum atomic E-state index is 12.2. The van der Waals surface area contributed by atoms with E-state index in [0.29, 0.717) is 12.0 Å². The molecule has 1 N–H and O–H groups in total.